The van der Waals surface area contributed by atoms with Crippen LogP contribution in [-0.2, 0) is 23.4 Å². The van der Waals surface area contributed by atoms with Gasteiger partial charge in [0, 0.05) is 14.7 Å². The summed E-state index contributed by atoms with van der Waals surface area (Å²) in [5.74, 6) is -0.834. The van der Waals surface area contributed by atoms with Gasteiger partial charge < -0.3 is 28.5 Å². The molecule has 0 aliphatic carbocycles. The standard InChI is InChI=1S/C32H50O6Si2/c1-31(2,3)40(26-16-11-9-12-17-26,27-18-13-10-14-19-27)38-28(30-29(24-33)36-32(4,5)37-30)20-15-21-34-25-35-22-23-39(6,7)8/h9-20,28-30,33H,21-25H2,1-8H3/b20-15+/t28-,29+,30-/m0/s1. The topological polar surface area (TPSA) is 66.4 Å². The number of aliphatic hydroxyl groups is 1. The molecular formula is C32H50O6Si2. The van der Waals surface area contributed by atoms with Gasteiger partial charge in [-0.05, 0) is 35.3 Å². The Morgan fingerprint density at radius 1 is 0.925 bits per heavy atom. The Kier molecular flexibility index (Phi) is 11.5. The molecule has 1 aliphatic heterocycles. The van der Waals surface area contributed by atoms with Crippen molar-refractivity contribution in [2.45, 2.75) is 89.4 Å². The van der Waals surface area contributed by atoms with Gasteiger partial charge in [0.15, 0.2) is 5.79 Å². The first-order valence-corrected chi connectivity index (χ1v) is 20.0. The molecular weight excluding hydrogens is 537 g/mol. The van der Waals surface area contributed by atoms with Crippen LogP contribution in [0.5, 0.6) is 0 Å². The third-order valence-electron chi connectivity index (χ3n) is 7.16. The fraction of sp³-hybridized carbons (Fsp3) is 0.562. The highest BCUT2D eigenvalue weighted by Gasteiger charge is 2.54. The summed E-state index contributed by atoms with van der Waals surface area (Å²) in [6, 6.07) is 22.2. The first-order chi connectivity index (χ1) is 18.8. The monoisotopic (exact) mass is 586 g/mol. The van der Waals surface area contributed by atoms with E-state index < -0.39 is 40.5 Å². The zero-order chi connectivity index (χ0) is 29.4. The van der Waals surface area contributed by atoms with E-state index in [-0.39, 0.29) is 18.4 Å². The molecule has 1 fully saturated rings. The van der Waals surface area contributed by atoms with E-state index in [2.05, 4.69) is 88.9 Å². The highest BCUT2D eigenvalue weighted by atomic mass is 28.4. The van der Waals surface area contributed by atoms with Crippen LogP contribution in [0.2, 0.25) is 30.7 Å². The van der Waals surface area contributed by atoms with Gasteiger partial charge in [0.1, 0.15) is 19.0 Å². The Morgan fingerprint density at radius 2 is 1.50 bits per heavy atom. The zero-order valence-corrected chi connectivity index (χ0v) is 27.7. The van der Waals surface area contributed by atoms with Crippen molar-refractivity contribution in [2.75, 3.05) is 26.6 Å². The summed E-state index contributed by atoms with van der Waals surface area (Å²) < 4.78 is 31.4. The average molecular weight is 587 g/mol. The van der Waals surface area contributed by atoms with E-state index in [0.29, 0.717) is 6.61 Å². The Bertz CT molecular complexity index is 1010. The molecule has 1 heterocycles. The molecule has 0 saturated carbocycles. The Balaban J connectivity index is 1.93. The van der Waals surface area contributed by atoms with Gasteiger partial charge in [-0.1, -0.05) is 113 Å². The number of hydrogen-bond acceptors (Lipinski definition) is 6. The van der Waals surface area contributed by atoms with E-state index in [4.69, 9.17) is 23.4 Å². The molecule has 0 spiro atoms. The lowest BCUT2D eigenvalue weighted by molar-refractivity contribution is -0.153. The lowest BCUT2D eigenvalue weighted by atomic mass is 10.1. The van der Waals surface area contributed by atoms with Gasteiger partial charge in [-0.25, -0.2) is 0 Å². The van der Waals surface area contributed by atoms with Crippen molar-refractivity contribution < 1.29 is 28.5 Å². The minimum atomic E-state index is -2.90. The van der Waals surface area contributed by atoms with Crippen LogP contribution in [-0.4, -0.2) is 72.2 Å². The Labute approximate surface area is 243 Å². The van der Waals surface area contributed by atoms with Crippen LogP contribution < -0.4 is 10.4 Å². The van der Waals surface area contributed by atoms with Gasteiger partial charge in [-0.3, -0.25) is 0 Å². The van der Waals surface area contributed by atoms with E-state index in [9.17, 15) is 5.11 Å². The fourth-order valence-corrected chi connectivity index (χ4v) is 10.6. The van der Waals surface area contributed by atoms with E-state index >= 15 is 0 Å². The molecule has 0 unspecified atom stereocenters. The van der Waals surface area contributed by atoms with Gasteiger partial charge in [0.05, 0.1) is 19.3 Å². The van der Waals surface area contributed by atoms with Crippen molar-refractivity contribution in [3.8, 4) is 0 Å². The minimum absolute atomic E-state index is 0.163. The van der Waals surface area contributed by atoms with Crippen LogP contribution in [0.4, 0.5) is 0 Å². The van der Waals surface area contributed by atoms with Crippen molar-refractivity contribution in [1.29, 1.82) is 0 Å². The summed E-state index contributed by atoms with van der Waals surface area (Å²) in [5.41, 5.74) is 0. The molecule has 2 aromatic carbocycles. The van der Waals surface area contributed by atoms with Crippen LogP contribution in [0.25, 0.3) is 0 Å². The van der Waals surface area contributed by atoms with Crippen molar-refractivity contribution in [3.63, 3.8) is 0 Å². The number of ether oxygens (including phenoxy) is 4. The summed E-state index contributed by atoms with van der Waals surface area (Å²) in [4.78, 5) is 0. The smallest absolute Gasteiger partial charge is 0.262 e. The molecule has 3 atom stereocenters. The van der Waals surface area contributed by atoms with Crippen molar-refractivity contribution in [3.05, 3.63) is 72.8 Å². The third kappa shape index (κ3) is 8.69. The fourth-order valence-electron chi connectivity index (χ4n) is 5.20. The average Bonchev–Trinajstić information content (AvgIpc) is 3.21. The second kappa shape index (κ2) is 14.0. The molecule has 1 aliphatic rings. The summed E-state index contributed by atoms with van der Waals surface area (Å²) in [6.45, 7) is 18.7. The zero-order valence-electron chi connectivity index (χ0n) is 25.7. The van der Waals surface area contributed by atoms with E-state index in [1.165, 1.54) is 10.4 Å². The lowest BCUT2D eigenvalue weighted by Gasteiger charge is -2.45. The molecule has 0 aromatic heterocycles. The molecule has 0 radical (unpaired) electrons. The van der Waals surface area contributed by atoms with Crippen LogP contribution in [0, 0.1) is 0 Å². The molecule has 0 bridgehead atoms. The normalized spacial score (nSPS) is 20.7. The maximum absolute atomic E-state index is 10.2. The molecule has 1 saturated heterocycles. The molecule has 0 amide bonds. The lowest BCUT2D eigenvalue weighted by Crippen LogP contribution is -2.68. The molecule has 222 valence electrons. The number of benzene rings is 2. The predicted molar refractivity (Wildman–Crippen MR) is 167 cm³/mol. The summed E-state index contributed by atoms with van der Waals surface area (Å²) in [6.07, 6.45) is 2.48. The summed E-state index contributed by atoms with van der Waals surface area (Å²) in [5, 5.41) is 12.4. The summed E-state index contributed by atoms with van der Waals surface area (Å²) in [7, 11) is -4.04. The van der Waals surface area contributed by atoms with E-state index in [1.54, 1.807) is 0 Å². The second-order valence-corrected chi connectivity index (χ2v) is 23.1. The van der Waals surface area contributed by atoms with Gasteiger partial charge in [0.2, 0.25) is 0 Å². The second-order valence-electron chi connectivity index (χ2n) is 13.2. The van der Waals surface area contributed by atoms with E-state index in [1.807, 2.05) is 38.1 Å². The molecule has 6 nitrogen and oxygen atoms in total. The van der Waals surface area contributed by atoms with Crippen molar-refractivity contribution in [1.82, 2.24) is 0 Å². The molecule has 3 rings (SSSR count). The minimum Gasteiger partial charge on any atom is -0.398 e. The quantitative estimate of drug-likeness (QED) is 0.140. The van der Waals surface area contributed by atoms with Crippen molar-refractivity contribution in [2.24, 2.45) is 0 Å². The first kappa shape index (κ1) is 32.9. The highest BCUT2D eigenvalue weighted by molar-refractivity contribution is 6.99. The molecule has 40 heavy (non-hydrogen) atoms. The number of rotatable bonds is 14. The molecule has 2 aromatic rings. The third-order valence-corrected chi connectivity index (χ3v) is 13.9. The van der Waals surface area contributed by atoms with Gasteiger partial charge in [0.25, 0.3) is 8.32 Å². The number of hydrogen-bond donors (Lipinski definition) is 1. The van der Waals surface area contributed by atoms with Crippen LogP contribution >= 0.6 is 0 Å². The van der Waals surface area contributed by atoms with Gasteiger partial charge in [-0.2, -0.15) is 0 Å². The largest absolute Gasteiger partial charge is 0.398 e. The van der Waals surface area contributed by atoms with Gasteiger partial charge in [-0.15, -0.1) is 0 Å². The predicted octanol–water partition coefficient (Wildman–Crippen LogP) is 5.33. The van der Waals surface area contributed by atoms with Gasteiger partial charge >= 0.3 is 0 Å². The maximum Gasteiger partial charge on any atom is 0.262 e. The molecule has 8 heteroatoms. The van der Waals surface area contributed by atoms with Crippen LogP contribution in [0.15, 0.2) is 72.8 Å². The Morgan fingerprint density at radius 3 is 2.00 bits per heavy atom. The van der Waals surface area contributed by atoms with Crippen molar-refractivity contribution >= 4 is 26.8 Å². The molecule has 1 N–H and O–H groups in total. The maximum atomic E-state index is 10.2. The first-order valence-electron chi connectivity index (χ1n) is 14.4. The number of aliphatic hydroxyl groups excluding tert-OH is 1. The van der Waals surface area contributed by atoms with Crippen LogP contribution in [0.3, 0.4) is 0 Å². The van der Waals surface area contributed by atoms with Crippen LogP contribution in [0.1, 0.15) is 34.6 Å². The summed E-state index contributed by atoms with van der Waals surface area (Å²) >= 11 is 0. The van der Waals surface area contributed by atoms with E-state index in [0.717, 1.165) is 12.7 Å². The SMILES string of the molecule is CC1(C)O[C@@H]([C@H](/C=C/COCOCC[Si](C)(C)C)O[Si](c2ccccc2)(c2ccccc2)C(C)(C)C)[C@@H](CO)O1. The highest BCUT2D eigenvalue weighted by Crippen LogP contribution is 2.40. The Hall–Kier alpha value is -1.63.